The van der Waals surface area contributed by atoms with Crippen molar-refractivity contribution in [1.29, 1.82) is 0 Å². The molecule has 1 aromatic carbocycles. The lowest BCUT2D eigenvalue weighted by molar-refractivity contribution is -0.170. The molecule has 0 amide bonds. The van der Waals surface area contributed by atoms with Crippen LogP contribution in [0, 0.1) is 5.82 Å². The van der Waals surface area contributed by atoms with Crippen LogP contribution in [0.4, 0.5) is 10.1 Å². The molecule has 218 valence electrons. The van der Waals surface area contributed by atoms with Crippen LogP contribution >= 0.6 is 0 Å². The van der Waals surface area contributed by atoms with Crippen molar-refractivity contribution in [2.45, 2.75) is 50.3 Å². The maximum Gasteiger partial charge on any atom is 0.341 e. The number of ether oxygens (including phenoxy) is 1. The summed E-state index contributed by atoms with van der Waals surface area (Å²) in [4.78, 5) is 56.6. The number of nitrogens with zero attached hydrogens (tertiary/aromatic N) is 2. The predicted octanol–water partition coefficient (Wildman–Crippen LogP) is 0.732. The van der Waals surface area contributed by atoms with E-state index in [1.807, 2.05) is 11.8 Å². The Morgan fingerprint density at radius 3 is 2.17 bits per heavy atom. The first kappa shape index (κ1) is 30.3. The van der Waals surface area contributed by atoms with E-state index < -0.39 is 53.6 Å². The molecule has 0 bridgehead atoms. The number of carboxylic acids is 4. The van der Waals surface area contributed by atoms with Crippen LogP contribution in [-0.2, 0) is 14.4 Å². The number of benzene rings is 1. The summed E-state index contributed by atoms with van der Waals surface area (Å²) in [6.07, 6.45) is 0.855. The first-order chi connectivity index (χ1) is 18.7. The van der Waals surface area contributed by atoms with Crippen molar-refractivity contribution in [3.05, 3.63) is 33.9 Å². The fraction of sp³-hybridized carbons (Fsp3) is 0.480. The molecule has 1 saturated carbocycles. The molecule has 1 atom stereocenters. The Balaban J connectivity index is 0.000000289. The number of pyridine rings is 1. The SMILES string of the molecule is COc1c(N2CCNC(C)C2)c(F)cc2c(=O)c(C(=O)O)cn(C3CC3)c12.O=C(O)CC(O)(CC(=O)O)C(=O)O. The quantitative estimate of drug-likeness (QED) is 0.247. The van der Waals surface area contributed by atoms with Crippen LogP contribution in [0.2, 0.25) is 0 Å². The van der Waals surface area contributed by atoms with Gasteiger partial charge in [0, 0.05) is 37.9 Å². The Morgan fingerprint density at radius 1 is 1.12 bits per heavy atom. The number of carbonyl (C=O) groups is 4. The lowest BCUT2D eigenvalue weighted by Crippen LogP contribution is -2.49. The van der Waals surface area contributed by atoms with E-state index >= 15 is 4.39 Å². The molecule has 14 nitrogen and oxygen atoms in total. The highest BCUT2D eigenvalue weighted by molar-refractivity contribution is 5.97. The normalized spacial score (nSPS) is 17.1. The molecule has 1 saturated heterocycles. The van der Waals surface area contributed by atoms with Crippen LogP contribution in [-0.4, -0.2) is 92.4 Å². The number of halogens is 1. The van der Waals surface area contributed by atoms with Gasteiger partial charge in [0.15, 0.2) is 17.2 Å². The molecule has 0 radical (unpaired) electrons. The number of nitrogens with one attached hydrogen (secondary N) is 1. The fourth-order valence-electron chi connectivity index (χ4n) is 4.57. The van der Waals surface area contributed by atoms with Gasteiger partial charge in [0.1, 0.15) is 11.3 Å². The summed E-state index contributed by atoms with van der Waals surface area (Å²) >= 11 is 0. The van der Waals surface area contributed by atoms with Gasteiger partial charge in [0.25, 0.3) is 0 Å². The van der Waals surface area contributed by atoms with Gasteiger partial charge >= 0.3 is 23.9 Å². The van der Waals surface area contributed by atoms with Gasteiger partial charge in [0.05, 0.1) is 30.9 Å². The first-order valence-corrected chi connectivity index (χ1v) is 12.3. The van der Waals surface area contributed by atoms with E-state index in [0.717, 1.165) is 25.5 Å². The number of aromatic carboxylic acids is 1. The minimum atomic E-state index is -2.74. The highest BCUT2D eigenvalue weighted by atomic mass is 19.1. The van der Waals surface area contributed by atoms with Gasteiger partial charge in [-0.1, -0.05) is 0 Å². The maximum atomic E-state index is 15.1. The monoisotopic (exact) mass is 567 g/mol. The third-order valence-corrected chi connectivity index (χ3v) is 6.54. The first-order valence-electron chi connectivity index (χ1n) is 12.3. The molecule has 40 heavy (non-hydrogen) atoms. The summed E-state index contributed by atoms with van der Waals surface area (Å²) in [5.74, 6) is -6.61. The maximum absolute atomic E-state index is 15.1. The van der Waals surface area contributed by atoms with Gasteiger partial charge in [0.2, 0.25) is 5.43 Å². The molecule has 15 heteroatoms. The number of hydrogen-bond acceptors (Lipinski definition) is 9. The average molecular weight is 568 g/mol. The summed E-state index contributed by atoms with van der Waals surface area (Å²) < 4.78 is 22.5. The van der Waals surface area contributed by atoms with Gasteiger partial charge < -0.3 is 45.1 Å². The zero-order valence-corrected chi connectivity index (χ0v) is 21.7. The standard InChI is InChI=1S/C19H22FN3O4.C6H8O7/c1-10-8-22(6-5-21-10)16-14(20)7-12-15(18(16)27-2)23(11-3-4-11)9-13(17(12)24)19(25)26;7-3(8)1-6(13,5(11)12)2-4(9)10/h7,9-11,21H,3-6,8H2,1-2H3,(H,25,26);13H,1-2H2,(H,7,8)(H,9,10)(H,11,12). The van der Waals surface area contributed by atoms with Crippen molar-refractivity contribution in [2.24, 2.45) is 0 Å². The molecule has 2 heterocycles. The highest BCUT2D eigenvalue weighted by Gasteiger charge is 2.40. The smallest absolute Gasteiger partial charge is 0.341 e. The summed E-state index contributed by atoms with van der Waals surface area (Å²) in [6, 6.07) is 1.45. The van der Waals surface area contributed by atoms with Gasteiger partial charge in [-0.2, -0.15) is 0 Å². The second-order valence-electron chi connectivity index (χ2n) is 9.73. The van der Waals surface area contributed by atoms with Crippen LogP contribution in [0.3, 0.4) is 0 Å². The Hall–Kier alpha value is -4.24. The number of carboxylic acid groups (broad SMARTS) is 4. The summed E-state index contributed by atoms with van der Waals surface area (Å²) in [5, 5.41) is 46.6. The van der Waals surface area contributed by atoms with Crippen LogP contribution < -0.4 is 20.4 Å². The molecule has 6 N–H and O–H groups in total. The van der Waals surface area contributed by atoms with Gasteiger partial charge in [-0.05, 0) is 25.8 Å². The number of rotatable bonds is 9. The molecule has 0 spiro atoms. The number of fused-ring (bicyclic) bond motifs is 1. The van der Waals surface area contributed by atoms with Crippen LogP contribution in [0.15, 0.2) is 17.1 Å². The lowest BCUT2D eigenvalue weighted by Gasteiger charge is -2.35. The number of aromatic nitrogens is 1. The zero-order valence-electron chi connectivity index (χ0n) is 21.7. The van der Waals surface area contributed by atoms with E-state index in [2.05, 4.69) is 5.32 Å². The third kappa shape index (κ3) is 6.48. The van der Waals surface area contributed by atoms with Crippen molar-refractivity contribution < 1.29 is 53.8 Å². The molecule has 2 fully saturated rings. The van der Waals surface area contributed by atoms with E-state index in [1.165, 1.54) is 13.3 Å². The fourth-order valence-corrected chi connectivity index (χ4v) is 4.57. The van der Waals surface area contributed by atoms with E-state index in [4.69, 9.17) is 25.2 Å². The van der Waals surface area contributed by atoms with Crippen molar-refractivity contribution in [3.63, 3.8) is 0 Å². The van der Waals surface area contributed by atoms with Gasteiger partial charge in [-0.3, -0.25) is 14.4 Å². The lowest BCUT2D eigenvalue weighted by atomic mass is 9.96. The topological polar surface area (TPSA) is 216 Å². The van der Waals surface area contributed by atoms with Gasteiger partial charge in [-0.25, -0.2) is 14.0 Å². The van der Waals surface area contributed by atoms with Crippen LogP contribution in [0.5, 0.6) is 5.75 Å². The van der Waals surface area contributed by atoms with Crippen molar-refractivity contribution >= 4 is 40.5 Å². The molecular weight excluding hydrogens is 537 g/mol. The number of piperazine rings is 1. The predicted molar refractivity (Wildman–Crippen MR) is 137 cm³/mol. The zero-order chi connectivity index (χ0) is 29.9. The van der Waals surface area contributed by atoms with Crippen molar-refractivity contribution in [3.8, 4) is 5.75 Å². The van der Waals surface area contributed by atoms with Crippen LogP contribution in [0.25, 0.3) is 10.9 Å². The van der Waals surface area contributed by atoms with E-state index in [9.17, 15) is 29.1 Å². The van der Waals surface area contributed by atoms with E-state index in [1.54, 1.807) is 4.57 Å². The summed E-state index contributed by atoms with van der Waals surface area (Å²) in [7, 11) is 1.45. The minimum absolute atomic E-state index is 0.0445. The summed E-state index contributed by atoms with van der Waals surface area (Å²) in [6.45, 7) is 3.97. The highest BCUT2D eigenvalue weighted by Crippen LogP contribution is 2.43. The Morgan fingerprint density at radius 2 is 1.73 bits per heavy atom. The molecule has 1 unspecified atom stereocenters. The Kier molecular flexibility index (Phi) is 9.00. The number of aliphatic carboxylic acids is 3. The number of anilines is 1. The minimum Gasteiger partial charge on any atom is -0.492 e. The Bertz CT molecular complexity index is 1390. The second-order valence-corrected chi connectivity index (χ2v) is 9.73. The van der Waals surface area contributed by atoms with Crippen LogP contribution in [0.1, 0.15) is 49.0 Å². The molecule has 2 aromatic rings. The van der Waals surface area contributed by atoms with Crippen molar-refractivity contribution in [1.82, 2.24) is 9.88 Å². The summed E-state index contributed by atoms with van der Waals surface area (Å²) in [5.41, 5.74) is -2.98. The third-order valence-electron chi connectivity index (χ3n) is 6.54. The van der Waals surface area contributed by atoms with Crippen molar-refractivity contribution in [2.75, 3.05) is 31.6 Å². The number of methoxy groups -OCH3 is 1. The number of hydrogen-bond donors (Lipinski definition) is 6. The van der Waals surface area contributed by atoms with Gasteiger partial charge in [-0.15, -0.1) is 0 Å². The second kappa shape index (κ2) is 11.9. The molecule has 4 rings (SSSR count). The molecule has 2 aliphatic rings. The molecule has 1 aliphatic heterocycles. The number of aliphatic hydroxyl groups is 1. The largest absolute Gasteiger partial charge is 0.492 e. The molecule has 1 aliphatic carbocycles. The van der Waals surface area contributed by atoms with E-state index in [0.29, 0.717) is 30.0 Å². The van der Waals surface area contributed by atoms with E-state index in [-0.39, 0.29) is 23.0 Å². The Labute approximate surface area is 226 Å². The molecule has 1 aromatic heterocycles. The molecular formula is C25H30FN3O11. The average Bonchev–Trinajstić information content (AvgIpc) is 3.68.